The van der Waals surface area contributed by atoms with E-state index in [0.29, 0.717) is 38.9 Å². The summed E-state index contributed by atoms with van der Waals surface area (Å²) in [5, 5.41) is 5.66. The molecule has 0 bridgehead atoms. The molecule has 5 rings (SSSR count). The van der Waals surface area contributed by atoms with Gasteiger partial charge in [-0.25, -0.2) is 4.39 Å². The molecule has 1 saturated heterocycles. The zero-order chi connectivity index (χ0) is 25.1. The molecule has 0 radical (unpaired) electrons. The van der Waals surface area contributed by atoms with E-state index >= 15 is 0 Å². The summed E-state index contributed by atoms with van der Waals surface area (Å²) < 4.78 is 21.5. The average Bonchev–Trinajstić information content (AvgIpc) is 3.62. The van der Waals surface area contributed by atoms with Gasteiger partial charge in [-0.15, -0.1) is 23.7 Å². The Labute approximate surface area is 230 Å². The van der Waals surface area contributed by atoms with Crippen LogP contribution in [0.15, 0.2) is 36.5 Å². The molecule has 0 unspecified atom stereocenters. The number of thiocarbonyl (C=S) groups is 1. The smallest absolute Gasteiger partial charge is 0.264 e. The van der Waals surface area contributed by atoms with Crippen molar-refractivity contribution in [3.05, 3.63) is 47.2 Å². The molecule has 196 valence electrons. The lowest BCUT2D eigenvalue weighted by molar-refractivity contribution is -0.120. The number of anilines is 1. The molecule has 0 atom stereocenters. The molecule has 1 aliphatic heterocycles. The molecule has 2 fully saturated rings. The summed E-state index contributed by atoms with van der Waals surface area (Å²) in [5.74, 6) is 0.160. The highest BCUT2D eigenvalue weighted by Gasteiger charge is 2.23. The highest BCUT2D eigenvalue weighted by atomic mass is 35.5. The summed E-state index contributed by atoms with van der Waals surface area (Å²) in [6.07, 6.45) is 8.56. The van der Waals surface area contributed by atoms with E-state index in [9.17, 15) is 14.0 Å². The average molecular weight is 563 g/mol. The summed E-state index contributed by atoms with van der Waals surface area (Å²) in [5.41, 5.74) is 1.04. The molecule has 1 saturated carbocycles. The largest absolute Gasteiger partial charge is 0.453 e. The Hall–Kier alpha value is -2.82. The monoisotopic (exact) mass is 562 g/mol. The van der Waals surface area contributed by atoms with E-state index in [2.05, 4.69) is 15.6 Å². The molecule has 2 amide bonds. The molecule has 0 spiro atoms. The molecule has 11 heteroatoms. The number of rotatable bonds is 6. The van der Waals surface area contributed by atoms with Gasteiger partial charge in [0.25, 0.3) is 5.91 Å². The number of nitrogens with one attached hydrogen (secondary N) is 2. The zero-order valence-corrected chi connectivity index (χ0v) is 22.6. The van der Waals surface area contributed by atoms with E-state index in [1.807, 2.05) is 4.90 Å². The number of nitrogens with zero attached hydrogens (tertiary/aromatic N) is 2. The number of hydrogen-bond acceptors (Lipinski definition) is 6. The third kappa shape index (κ3) is 6.55. The number of halogens is 2. The van der Waals surface area contributed by atoms with Gasteiger partial charge in [-0.1, -0.05) is 12.8 Å². The minimum Gasteiger partial charge on any atom is -0.453 e. The number of carbonyl (C=O) groups excluding carboxylic acids is 2. The fourth-order valence-electron chi connectivity index (χ4n) is 4.77. The zero-order valence-electron chi connectivity index (χ0n) is 20.1. The standard InChI is InChI=1S/C26H27FN4O3S2.ClH/c27-18-14-17(29-26(35)30-23(32)13-16-5-1-2-6-16)7-8-20(18)34-21-9-10-28-19-15-22(36-24(19)21)25(33)31-11-3-4-12-31;/h7-10,14-16H,1-6,11-13H2,(H2,29,30,32,35);1H. The van der Waals surface area contributed by atoms with Crippen LogP contribution in [0.4, 0.5) is 10.1 Å². The second-order valence-electron chi connectivity index (χ2n) is 9.24. The first-order chi connectivity index (χ1) is 17.5. The Balaban J connectivity index is 0.00000320. The Morgan fingerprint density at radius 3 is 2.59 bits per heavy atom. The maximum absolute atomic E-state index is 14.9. The number of carbonyl (C=O) groups is 2. The molecule has 2 aromatic heterocycles. The SMILES string of the molecule is Cl.O=C(CC1CCCC1)NC(=S)Nc1ccc(Oc2ccnc3cc(C(=O)N4CCCC4)sc23)c(F)c1. The molecule has 1 aliphatic carbocycles. The molecule has 7 nitrogen and oxygen atoms in total. The van der Waals surface area contributed by atoms with Crippen molar-refractivity contribution in [3.63, 3.8) is 0 Å². The van der Waals surface area contributed by atoms with E-state index in [1.54, 1.807) is 24.4 Å². The third-order valence-corrected chi connectivity index (χ3v) is 7.92. The number of pyridine rings is 1. The lowest BCUT2D eigenvalue weighted by Gasteiger charge is -2.13. The number of amides is 2. The summed E-state index contributed by atoms with van der Waals surface area (Å²) in [4.78, 5) is 31.8. The van der Waals surface area contributed by atoms with E-state index in [0.717, 1.165) is 38.8 Å². The van der Waals surface area contributed by atoms with Crippen molar-refractivity contribution in [1.29, 1.82) is 0 Å². The number of aromatic nitrogens is 1. The quantitative estimate of drug-likeness (QED) is 0.344. The van der Waals surface area contributed by atoms with Gasteiger partial charge in [-0.2, -0.15) is 0 Å². The van der Waals surface area contributed by atoms with Gasteiger partial charge in [0.15, 0.2) is 16.7 Å². The van der Waals surface area contributed by atoms with Gasteiger partial charge in [0, 0.05) is 43.5 Å². The van der Waals surface area contributed by atoms with Crippen LogP contribution in [0, 0.1) is 11.7 Å². The van der Waals surface area contributed by atoms with Gasteiger partial charge >= 0.3 is 0 Å². The van der Waals surface area contributed by atoms with Crippen molar-refractivity contribution in [2.75, 3.05) is 18.4 Å². The Kier molecular flexibility index (Phi) is 8.94. The highest BCUT2D eigenvalue weighted by Crippen LogP contribution is 2.37. The minimum atomic E-state index is -0.588. The predicted molar refractivity (Wildman–Crippen MR) is 149 cm³/mol. The van der Waals surface area contributed by atoms with Crippen molar-refractivity contribution in [2.45, 2.75) is 44.9 Å². The molecular formula is C26H28ClFN4O3S2. The first-order valence-electron chi connectivity index (χ1n) is 12.2. The summed E-state index contributed by atoms with van der Waals surface area (Å²) in [6.45, 7) is 1.53. The van der Waals surface area contributed by atoms with E-state index < -0.39 is 5.82 Å². The minimum absolute atomic E-state index is 0. The molecule has 1 aromatic carbocycles. The second kappa shape index (κ2) is 12.1. The lowest BCUT2D eigenvalue weighted by Crippen LogP contribution is -2.34. The summed E-state index contributed by atoms with van der Waals surface area (Å²) in [7, 11) is 0. The molecule has 37 heavy (non-hydrogen) atoms. The first kappa shape index (κ1) is 27.2. The third-order valence-electron chi connectivity index (χ3n) is 6.59. The van der Waals surface area contributed by atoms with Crippen LogP contribution in [-0.2, 0) is 4.79 Å². The van der Waals surface area contributed by atoms with Gasteiger partial charge in [0.2, 0.25) is 5.91 Å². The molecule has 3 heterocycles. The van der Waals surface area contributed by atoms with Crippen LogP contribution in [-0.4, -0.2) is 39.9 Å². The van der Waals surface area contributed by atoms with Crippen LogP contribution in [0.2, 0.25) is 0 Å². The Morgan fingerprint density at radius 1 is 1.11 bits per heavy atom. The predicted octanol–water partition coefficient (Wildman–Crippen LogP) is 6.28. The number of benzene rings is 1. The second-order valence-corrected chi connectivity index (χ2v) is 10.7. The molecule has 2 N–H and O–H groups in total. The van der Waals surface area contributed by atoms with Crippen molar-refractivity contribution in [1.82, 2.24) is 15.2 Å². The van der Waals surface area contributed by atoms with Crippen LogP contribution >= 0.6 is 36.0 Å². The highest BCUT2D eigenvalue weighted by molar-refractivity contribution is 7.80. The molecule has 2 aliphatic rings. The van der Waals surface area contributed by atoms with E-state index in [4.69, 9.17) is 17.0 Å². The number of hydrogen-bond donors (Lipinski definition) is 2. The molecule has 3 aromatic rings. The van der Waals surface area contributed by atoms with Gasteiger partial charge in [0.05, 0.1) is 15.1 Å². The number of ether oxygens (including phenoxy) is 1. The van der Waals surface area contributed by atoms with Gasteiger partial charge in [-0.3, -0.25) is 14.6 Å². The van der Waals surface area contributed by atoms with Crippen LogP contribution in [0.5, 0.6) is 11.5 Å². The maximum atomic E-state index is 14.9. The number of likely N-dealkylation sites (tertiary alicyclic amines) is 1. The summed E-state index contributed by atoms with van der Waals surface area (Å²) >= 11 is 6.52. The molecular weight excluding hydrogens is 535 g/mol. The van der Waals surface area contributed by atoms with Crippen LogP contribution in [0.25, 0.3) is 10.2 Å². The van der Waals surface area contributed by atoms with E-state index in [-0.39, 0.29) is 35.1 Å². The van der Waals surface area contributed by atoms with Crippen molar-refractivity contribution in [3.8, 4) is 11.5 Å². The topological polar surface area (TPSA) is 83.6 Å². The normalized spacial score (nSPS) is 15.4. The fourth-order valence-corrected chi connectivity index (χ4v) is 6.04. The van der Waals surface area contributed by atoms with Crippen molar-refractivity contribution in [2.24, 2.45) is 5.92 Å². The van der Waals surface area contributed by atoms with Crippen LogP contribution in [0.1, 0.15) is 54.6 Å². The van der Waals surface area contributed by atoms with Gasteiger partial charge in [0.1, 0.15) is 5.75 Å². The van der Waals surface area contributed by atoms with Crippen LogP contribution < -0.4 is 15.4 Å². The van der Waals surface area contributed by atoms with Gasteiger partial charge < -0.3 is 20.3 Å². The summed E-state index contributed by atoms with van der Waals surface area (Å²) in [6, 6.07) is 7.81. The van der Waals surface area contributed by atoms with Crippen LogP contribution in [0.3, 0.4) is 0 Å². The van der Waals surface area contributed by atoms with Crippen molar-refractivity contribution < 1.29 is 18.7 Å². The number of thiophene rings is 1. The Morgan fingerprint density at radius 2 is 1.86 bits per heavy atom. The van der Waals surface area contributed by atoms with E-state index in [1.165, 1.54) is 36.3 Å². The Bertz CT molecular complexity index is 1310. The number of fused-ring (bicyclic) bond motifs is 1. The van der Waals surface area contributed by atoms with Crippen molar-refractivity contribution >= 4 is 68.8 Å². The van der Waals surface area contributed by atoms with Gasteiger partial charge in [-0.05, 0) is 62.0 Å². The maximum Gasteiger partial charge on any atom is 0.264 e. The lowest BCUT2D eigenvalue weighted by atomic mass is 10.0. The fraction of sp³-hybridized carbons (Fsp3) is 0.385. The first-order valence-corrected chi connectivity index (χ1v) is 13.4.